The summed E-state index contributed by atoms with van der Waals surface area (Å²) in [5, 5.41) is 16.4. The van der Waals surface area contributed by atoms with Gasteiger partial charge in [0.05, 0.1) is 0 Å². The number of hydrogen-bond acceptors (Lipinski definition) is 3. The van der Waals surface area contributed by atoms with Crippen molar-refractivity contribution >= 4 is 40.7 Å². The van der Waals surface area contributed by atoms with Crippen molar-refractivity contribution in [1.82, 2.24) is 10.6 Å². The lowest BCUT2D eigenvalue weighted by molar-refractivity contribution is 0.253. The van der Waals surface area contributed by atoms with E-state index in [1.807, 2.05) is 6.92 Å². The topological polar surface area (TPSA) is 73.7 Å². The lowest BCUT2D eigenvalue weighted by Crippen LogP contribution is -2.46. The van der Waals surface area contributed by atoms with Gasteiger partial charge in [0, 0.05) is 47.5 Å². The Labute approximate surface area is 173 Å². The normalized spacial score (nSPS) is 23.4. The van der Waals surface area contributed by atoms with Gasteiger partial charge >= 0.3 is 0 Å². The quantitative estimate of drug-likeness (QED) is 0.252. The summed E-state index contributed by atoms with van der Waals surface area (Å²) >= 11 is 0. The molecule has 150 valence electrons. The van der Waals surface area contributed by atoms with Crippen LogP contribution >= 0.6 is 24.0 Å². The number of nitrogens with one attached hydrogen (secondary N) is 2. The van der Waals surface area contributed by atoms with Crippen LogP contribution < -0.4 is 10.6 Å². The van der Waals surface area contributed by atoms with E-state index in [0.717, 1.165) is 69.7 Å². The van der Waals surface area contributed by atoms with Crippen LogP contribution in [0, 0.1) is 5.92 Å². The molecule has 0 aliphatic heterocycles. The van der Waals surface area contributed by atoms with Crippen molar-refractivity contribution in [3.63, 3.8) is 0 Å². The Morgan fingerprint density at radius 3 is 2.64 bits per heavy atom. The molecule has 0 bridgehead atoms. The van der Waals surface area contributed by atoms with Gasteiger partial charge in [0.15, 0.2) is 5.96 Å². The van der Waals surface area contributed by atoms with Gasteiger partial charge in [-0.2, -0.15) is 0 Å². The molecule has 1 fully saturated rings. The van der Waals surface area contributed by atoms with Crippen LogP contribution in [0.1, 0.15) is 65.7 Å². The molecule has 4 atom stereocenters. The smallest absolute Gasteiger partial charge is 0.191 e. The van der Waals surface area contributed by atoms with Gasteiger partial charge < -0.3 is 15.7 Å². The lowest BCUT2D eigenvalue weighted by Gasteiger charge is -2.30. The lowest BCUT2D eigenvalue weighted by atomic mass is 9.95. The number of hydrogen-bond donors (Lipinski definition) is 3. The second-order valence-corrected chi connectivity index (χ2v) is 8.69. The summed E-state index contributed by atoms with van der Waals surface area (Å²) in [7, 11) is -0.697. The number of aliphatic hydroxyl groups excluding tert-OH is 1. The fourth-order valence-electron chi connectivity index (χ4n) is 3.40. The monoisotopic (exact) mass is 487 g/mol. The van der Waals surface area contributed by atoms with Gasteiger partial charge in [-0.05, 0) is 44.9 Å². The molecular formula is C18H38IN3O2S. The summed E-state index contributed by atoms with van der Waals surface area (Å²) in [4.78, 5) is 4.74. The van der Waals surface area contributed by atoms with Crippen LogP contribution in [0.3, 0.4) is 0 Å². The highest BCUT2D eigenvalue weighted by molar-refractivity contribution is 14.0. The van der Waals surface area contributed by atoms with Gasteiger partial charge in [0.25, 0.3) is 0 Å². The maximum atomic E-state index is 12.1. The Hall–Kier alpha value is 0.110. The average Bonchev–Trinajstić information content (AvgIpc) is 2.59. The van der Waals surface area contributed by atoms with Crippen LogP contribution in [0.15, 0.2) is 4.99 Å². The molecule has 0 aromatic heterocycles. The number of nitrogens with zero attached hydrogens (tertiary/aromatic N) is 1. The molecule has 5 nitrogen and oxygen atoms in total. The van der Waals surface area contributed by atoms with Gasteiger partial charge in [-0.1, -0.05) is 26.7 Å². The van der Waals surface area contributed by atoms with Crippen LogP contribution in [0.5, 0.6) is 0 Å². The molecule has 0 aromatic carbocycles. The highest BCUT2D eigenvalue weighted by atomic mass is 127. The van der Waals surface area contributed by atoms with Gasteiger partial charge in [-0.25, -0.2) is 0 Å². The molecule has 0 radical (unpaired) electrons. The highest BCUT2D eigenvalue weighted by Gasteiger charge is 2.26. The predicted octanol–water partition coefficient (Wildman–Crippen LogP) is 3.04. The molecule has 1 saturated carbocycles. The summed E-state index contributed by atoms with van der Waals surface area (Å²) in [5.41, 5.74) is 0. The number of guanidine groups is 1. The van der Waals surface area contributed by atoms with Crippen molar-refractivity contribution in [2.45, 2.75) is 77.0 Å². The van der Waals surface area contributed by atoms with E-state index >= 15 is 0 Å². The molecule has 1 aliphatic carbocycles. The van der Waals surface area contributed by atoms with Crippen LogP contribution in [0.25, 0.3) is 0 Å². The van der Waals surface area contributed by atoms with Gasteiger partial charge in [0.1, 0.15) is 0 Å². The van der Waals surface area contributed by atoms with E-state index in [9.17, 15) is 9.32 Å². The van der Waals surface area contributed by atoms with Crippen molar-refractivity contribution in [1.29, 1.82) is 0 Å². The van der Waals surface area contributed by atoms with E-state index in [0.29, 0.717) is 17.2 Å². The first-order valence-electron chi connectivity index (χ1n) is 9.67. The highest BCUT2D eigenvalue weighted by Crippen LogP contribution is 2.23. The van der Waals surface area contributed by atoms with E-state index < -0.39 is 10.8 Å². The van der Waals surface area contributed by atoms with Crippen LogP contribution in [-0.4, -0.2) is 52.0 Å². The third-order valence-corrected chi connectivity index (χ3v) is 6.45. The molecule has 0 spiro atoms. The summed E-state index contributed by atoms with van der Waals surface area (Å²) in [5.74, 6) is 2.07. The van der Waals surface area contributed by atoms with E-state index in [1.165, 1.54) is 0 Å². The third-order valence-electron chi connectivity index (χ3n) is 4.71. The molecule has 1 aliphatic rings. The van der Waals surface area contributed by atoms with Gasteiger partial charge in [0.2, 0.25) is 0 Å². The zero-order valence-corrected chi connectivity index (χ0v) is 19.3. The minimum Gasteiger partial charge on any atom is -0.396 e. The molecule has 0 saturated heterocycles. The Balaban J connectivity index is 0.00000576. The van der Waals surface area contributed by atoms with Crippen molar-refractivity contribution in [2.75, 3.05) is 25.4 Å². The second-order valence-electron chi connectivity index (χ2n) is 6.69. The van der Waals surface area contributed by atoms with E-state index in [4.69, 9.17) is 4.99 Å². The van der Waals surface area contributed by atoms with E-state index in [2.05, 4.69) is 24.5 Å². The zero-order chi connectivity index (χ0) is 17.8. The van der Waals surface area contributed by atoms with Crippen molar-refractivity contribution in [3.8, 4) is 0 Å². The molecule has 25 heavy (non-hydrogen) atoms. The molecule has 0 aromatic rings. The van der Waals surface area contributed by atoms with Gasteiger partial charge in [-0.15, -0.1) is 24.0 Å². The fourth-order valence-corrected chi connectivity index (χ4v) is 4.75. The summed E-state index contributed by atoms with van der Waals surface area (Å²) < 4.78 is 12.1. The molecule has 1 rings (SSSR count). The Bertz CT molecular complexity index is 391. The fraction of sp³-hybridized carbons (Fsp3) is 0.944. The number of aliphatic hydroxyl groups is 1. The first kappa shape index (κ1) is 25.1. The summed E-state index contributed by atoms with van der Waals surface area (Å²) in [6.45, 7) is 8.07. The van der Waals surface area contributed by atoms with E-state index in [1.54, 1.807) is 0 Å². The largest absolute Gasteiger partial charge is 0.396 e. The molecule has 4 unspecified atom stereocenters. The molecular weight excluding hydrogens is 449 g/mol. The molecule has 0 heterocycles. The Morgan fingerprint density at radius 2 is 2.04 bits per heavy atom. The first-order valence-corrected chi connectivity index (χ1v) is 11.1. The van der Waals surface area contributed by atoms with Crippen molar-refractivity contribution < 1.29 is 9.32 Å². The molecule has 0 amide bonds. The third kappa shape index (κ3) is 10.1. The summed E-state index contributed by atoms with van der Waals surface area (Å²) in [6, 6.07) is 0.361. The maximum Gasteiger partial charge on any atom is 0.191 e. The van der Waals surface area contributed by atoms with Crippen molar-refractivity contribution in [2.24, 2.45) is 10.9 Å². The Morgan fingerprint density at radius 1 is 1.28 bits per heavy atom. The first-order chi connectivity index (χ1) is 11.6. The van der Waals surface area contributed by atoms with Crippen molar-refractivity contribution in [3.05, 3.63) is 0 Å². The number of aliphatic imine (C=N–C) groups is 1. The van der Waals surface area contributed by atoms with Crippen LogP contribution in [0.4, 0.5) is 0 Å². The van der Waals surface area contributed by atoms with Crippen LogP contribution in [0.2, 0.25) is 0 Å². The number of rotatable bonds is 10. The van der Waals surface area contributed by atoms with E-state index in [-0.39, 0.29) is 30.6 Å². The number of halogens is 1. The summed E-state index contributed by atoms with van der Waals surface area (Å²) in [6.07, 6.45) is 7.36. The maximum absolute atomic E-state index is 12.1. The molecule has 7 heteroatoms. The molecule has 3 N–H and O–H groups in total. The van der Waals surface area contributed by atoms with Gasteiger partial charge in [-0.3, -0.25) is 9.20 Å². The Kier molecular flexibility index (Phi) is 15.3. The minimum absolute atomic E-state index is 0. The average molecular weight is 487 g/mol. The SMILES string of the molecule is CCCC(CCO)CN=C(NCC)NC1CCCC(S(=O)CC)C1.I. The van der Waals surface area contributed by atoms with Crippen LogP contribution in [-0.2, 0) is 10.8 Å². The second kappa shape index (κ2) is 15.2. The standard InChI is InChI=1S/C18H37N3O2S.HI/c1-4-8-15(11-12-22)14-20-18(19-5-2)21-16-9-7-10-17(13-16)24(23)6-3;/h15-17,22H,4-14H2,1-3H3,(H2,19,20,21);1H. The predicted molar refractivity (Wildman–Crippen MR) is 119 cm³/mol. The zero-order valence-electron chi connectivity index (χ0n) is 16.1. The minimum atomic E-state index is -0.697.